The highest BCUT2D eigenvalue weighted by molar-refractivity contribution is 5.85. The molecule has 1 N–H and O–H groups in total. The fraction of sp³-hybridized carbons (Fsp3) is 0.450. The first kappa shape index (κ1) is 15.6. The predicted molar refractivity (Wildman–Crippen MR) is 97.1 cm³/mol. The summed E-state index contributed by atoms with van der Waals surface area (Å²) in [7, 11) is 0. The molecule has 2 aliphatic rings. The summed E-state index contributed by atoms with van der Waals surface area (Å²) in [5.41, 5.74) is 1.11. The van der Waals surface area contributed by atoms with Crippen LogP contribution in [0.25, 0.3) is 10.8 Å². The van der Waals surface area contributed by atoms with Crippen molar-refractivity contribution in [3.63, 3.8) is 0 Å². The third kappa shape index (κ3) is 3.30. The van der Waals surface area contributed by atoms with E-state index in [0.717, 1.165) is 44.8 Å². The lowest BCUT2D eigenvalue weighted by Crippen LogP contribution is -2.52. The summed E-state index contributed by atoms with van der Waals surface area (Å²) >= 11 is 0. The highest BCUT2D eigenvalue weighted by atomic mass is 16.2. The van der Waals surface area contributed by atoms with Gasteiger partial charge in [0.25, 0.3) is 0 Å². The summed E-state index contributed by atoms with van der Waals surface area (Å²) in [5.74, 6) is 0.259. The average Bonchev–Trinajstić information content (AvgIpc) is 3.16. The average molecular weight is 323 g/mol. The summed E-state index contributed by atoms with van der Waals surface area (Å²) in [6, 6.07) is 15.3. The fourth-order valence-electron chi connectivity index (χ4n) is 3.92. The van der Waals surface area contributed by atoms with E-state index in [4.69, 9.17) is 0 Å². The molecular formula is C20H25N3O. The monoisotopic (exact) mass is 323 g/mol. The first-order valence-corrected chi connectivity index (χ1v) is 9.00. The van der Waals surface area contributed by atoms with Gasteiger partial charge in [0.2, 0.25) is 5.91 Å². The third-order valence-corrected chi connectivity index (χ3v) is 5.39. The quantitative estimate of drug-likeness (QED) is 0.937. The molecule has 1 atom stereocenters. The second-order valence-electron chi connectivity index (χ2n) is 6.92. The zero-order valence-corrected chi connectivity index (χ0v) is 14.1. The molecule has 4 nitrogen and oxygen atoms in total. The maximum atomic E-state index is 12.6. The predicted octanol–water partition coefficient (Wildman–Crippen LogP) is 1.89. The Hall–Kier alpha value is -1.91. The van der Waals surface area contributed by atoms with Crippen molar-refractivity contribution >= 4 is 16.7 Å². The lowest BCUT2D eigenvalue weighted by Gasteiger charge is -2.37. The third-order valence-electron chi connectivity index (χ3n) is 5.39. The fourth-order valence-corrected chi connectivity index (χ4v) is 3.92. The normalized spacial score (nSPS) is 22.2. The molecule has 0 aromatic heterocycles. The molecule has 0 saturated carbocycles. The van der Waals surface area contributed by atoms with Crippen LogP contribution in [0.15, 0.2) is 42.5 Å². The molecule has 126 valence electrons. The van der Waals surface area contributed by atoms with Crippen LogP contribution in [0.5, 0.6) is 0 Å². The van der Waals surface area contributed by atoms with E-state index in [9.17, 15) is 4.79 Å². The van der Waals surface area contributed by atoms with Gasteiger partial charge in [0.15, 0.2) is 0 Å². The van der Waals surface area contributed by atoms with Crippen LogP contribution >= 0.6 is 0 Å². The van der Waals surface area contributed by atoms with Crippen LogP contribution < -0.4 is 5.32 Å². The van der Waals surface area contributed by atoms with Crippen molar-refractivity contribution in [3.05, 3.63) is 48.0 Å². The molecule has 2 heterocycles. The largest absolute Gasteiger partial charge is 0.340 e. The van der Waals surface area contributed by atoms with Crippen molar-refractivity contribution < 1.29 is 4.79 Å². The number of hydrogen-bond acceptors (Lipinski definition) is 3. The van der Waals surface area contributed by atoms with Gasteiger partial charge in [-0.15, -0.1) is 0 Å². The Morgan fingerprint density at radius 3 is 2.58 bits per heavy atom. The number of rotatable bonds is 3. The molecule has 2 aliphatic heterocycles. The van der Waals surface area contributed by atoms with Gasteiger partial charge in [-0.3, -0.25) is 9.69 Å². The van der Waals surface area contributed by atoms with Crippen molar-refractivity contribution in [2.24, 2.45) is 0 Å². The van der Waals surface area contributed by atoms with Crippen LogP contribution in [0.2, 0.25) is 0 Å². The zero-order valence-electron chi connectivity index (χ0n) is 14.1. The minimum atomic E-state index is 0.259. The second kappa shape index (κ2) is 6.91. The number of nitrogens with zero attached hydrogens (tertiary/aromatic N) is 2. The van der Waals surface area contributed by atoms with Crippen LogP contribution in [-0.4, -0.2) is 61.0 Å². The van der Waals surface area contributed by atoms with E-state index in [-0.39, 0.29) is 5.91 Å². The van der Waals surface area contributed by atoms with Crippen molar-refractivity contribution in [1.82, 2.24) is 15.1 Å². The van der Waals surface area contributed by atoms with E-state index in [1.807, 2.05) is 17.0 Å². The summed E-state index contributed by atoms with van der Waals surface area (Å²) < 4.78 is 0. The molecule has 2 aromatic carbocycles. The number of amides is 1. The molecule has 0 bridgehead atoms. The summed E-state index contributed by atoms with van der Waals surface area (Å²) in [5, 5.41) is 5.87. The molecular weight excluding hydrogens is 298 g/mol. The number of carbonyl (C=O) groups excluding carboxylic acids is 1. The molecule has 0 radical (unpaired) electrons. The Balaban J connectivity index is 1.35. The number of hydrogen-bond donors (Lipinski definition) is 1. The van der Waals surface area contributed by atoms with Gasteiger partial charge in [-0.2, -0.15) is 0 Å². The maximum absolute atomic E-state index is 12.6. The van der Waals surface area contributed by atoms with Gasteiger partial charge in [-0.05, 0) is 29.3 Å². The standard InChI is InChI=1S/C20H25N3O/c24-20(14-16-5-6-17-3-1-2-4-18(17)13-16)23-11-9-22(10-12-23)19-7-8-21-15-19/h1-6,13,19,21H,7-12,14-15H2. The van der Waals surface area contributed by atoms with E-state index in [1.165, 1.54) is 17.2 Å². The highest BCUT2D eigenvalue weighted by Gasteiger charge is 2.27. The van der Waals surface area contributed by atoms with Gasteiger partial charge < -0.3 is 10.2 Å². The van der Waals surface area contributed by atoms with E-state index in [0.29, 0.717) is 12.5 Å². The van der Waals surface area contributed by atoms with Gasteiger partial charge in [0.1, 0.15) is 0 Å². The SMILES string of the molecule is O=C(Cc1ccc2ccccc2c1)N1CCN(C2CCNC2)CC1. The maximum Gasteiger partial charge on any atom is 0.227 e. The van der Waals surface area contributed by atoms with Crippen LogP contribution in [-0.2, 0) is 11.2 Å². The minimum absolute atomic E-state index is 0.259. The number of carbonyl (C=O) groups is 1. The van der Waals surface area contributed by atoms with E-state index in [2.05, 4.69) is 40.5 Å². The minimum Gasteiger partial charge on any atom is -0.340 e. The van der Waals surface area contributed by atoms with E-state index >= 15 is 0 Å². The van der Waals surface area contributed by atoms with Crippen molar-refractivity contribution in [2.45, 2.75) is 18.9 Å². The summed E-state index contributed by atoms with van der Waals surface area (Å²) in [4.78, 5) is 17.2. The van der Waals surface area contributed by atoms with Gasteiger partial charge in [0, 0.05) is 38.8 Å². The van der Waals surface area contributed by atoms with Gasteiger partial charge in [0.05, 0.1) is 6.42 Å². The molecule has 0 spiro atoms. The Kier molecular flexibility index (Phi) is 4.50. The van der Waals surface area contributed by atoms with E-state index < -0.39 is 0 Å². The summed E-state index contributed by atoms with van der Waals surface area (Å²) in [6.45, 7) is 5.98. The Bertz CT molecular complexity index is 716. The molecule has 2 fully saturated rings. The van der Waals surface area contributed by atoms with Crippen LogP contribution in [0.3, 0.4) is 0 Å². The second-order valence-corrected chi connectivity index (χ2v) is 6.92. The number of piperazine rings is 1. The first-order chi connectivity index (χ1) is 11.8. The molecule has 1 unspecified atom stereocenters. The number of nitrogens with one attached hydrogen (secondary N) is 1. The number of fused-ring (bicyclic) bond motifs is 1. The van der Waals surface area contributed by atoms with Gasteiger partial charge in [-0.25, -0.2) is 0 Å². The molecule has 24 heavy (non-hydrogen) atoms. The van der Waals surface area contributed by atoms with Crippen LogP contribution in [0.1, 0.15) is 12.0 Å². The van der Waals surface area contributed by atoms with Crippen LogP contribution in [0, 0.1) is 0 Å². The Labute approximate surface area is 143 Å². The van der Waals surface area contributed by atoms with Gasteiger partial charge >= 0.3 is 0 Å². The molecule has 4 rings (SSSR count). The highest BCUT2D eigenvalue weighted by Crippen LogP contribution is 2.17. The topological polar surface area (TPSA) is 35.6 Å². The Morgan fingerprint density at radius 1 is 1.04 bits per heavy atom. The van der Waals surface area contributed by atoms with Crippen molar-refractivity contribution in [2.75, 3.05) is 39.3 Å². The first-order valence-electron chi connectivity index (χ1n) is 9.00. The molecule has 2 aromatic rings. The molecule has 0 aliphatic carbocycles. The molecule has 1 amide bonds. The van der Waals surface area contributed by atoms with Crippen molar-refractivity contribution in [1.29, 1.82) is 0 Å². The number of benzene rings is 2. The molecule has 4 heteroatoms. The van der Waals surface area contributed by atoms with Crippen LogP contribution in [0.4, 0.5) is 0 Å². The molecule has 2 saturated heterocycles. The lowest BCUT2D eigenvalue weighted by molar-refractivity contribution is -0.132. The van der Waals surface area contributed by atoms with Crippen molar-refractivity contribution in [3.8, 4) is 0 Å². The smallest absolute Gasteiger partial charge is 0.227 e. The lowest BCUT2D eigenvalue weighted by atomic mass is 10.0. The zero-order chi connectivity index (χ0) is 16.4. The van der Waals surface area contributed by atoms with E-state index in [1.54, 1.807) is 0 Å². The summed E-state index contributed by atoms with van der Waals surface area (Å²) in [6.07, 6.45) is 1.75. The Morgan fingerprint density at radius 2 is 1.83 bits per heavy atom. The van der Waals surface area contributed by atoms with Gasteiger partial charge in [-0.1, -0.05) is 42.5 Å².